The lowest BCUT2D eigenvalue weighted by atomic mass is 10.2. The molecule has 0 unspecified atom stereocenters. The highest BCUT2D eigenvalue weighted by Crippen LogP contribution is 2.20. The molecule has 0 radical (unpaired) electrons. The van der Waals surface area contributed by atoms with Gasteiger partial charge in [-0.3, -0.25) is 9.69 Å². The third-order valence-corrected chi connectivity index (χ3v) is 7.61. The minimum absolute atomic E-state index is 0.166. The van der Waals surface area contributed by atoms with Crippen LogP contribution in [0.25, 0.3) is 0 Å². The Balaban J connectivity index is 1.48. The summed E-state index contributed by atoms with van der Waals surface area (Å²) in [5.74, 6) is -0.238. The van der Waals surface area contributed by atoms with Gasteiger partial charge in [0.1, 0.15) is 0 Å². The molecule has 3 rings (SSSR count). The number of sulfonamides is 1. The molecule has 1 heterocycles. The maximum atomic E-state index is 12.7. The zero-order valence-electron chi connectivity index (χ0n) is 15.5. The van der Waals surface area contributed by atoms with Crippen molar-refractivity contribution < 1.29 is 13.2 Å². The topological polar surface area (TPSA) is 82.1 Å². The summed E-state index contributed by atoms with van der Waals surface area (Å²) in [4.78, 5) is 14.3. The van der Waals surface area contributed by atoms with Gasteiger partial charge in [0, 0.05) is 40.7 Å². The zero-order valence-corrected chi connectivity index (χ0v) is 19.5. The van der Waals surface area contributed by atoms with Crippen molar-refractivity contribution in [2.45, 2.75) is 4.90 Å². The molecule has 0 spiro atoms. The van der Waals surface area contributed by atoms with Crippen molar-refractivity contribution in [1.82, 2.24) is 14.6 Å². The lowest BCUT2D eigenvalue weighted by Crippen LogP contribution is -2.50. The SMILES string of the molecule is O=C(CN1CCN(S(=O)(=O)c2ccc(Br)cc2)CC1)N/N=C\c1ccccc1Br. The van der Waals surface area contributed by atoms with Gasteiger partial charge in [-0.25, -0.2) is 13.8 Å². The summed E-state index contributed by atoms with van der Waals surface area (Å²) in [6, 6.07) is 14.1. The fraction of sp³-hybridized carbons (Fsp3) is 0.263. The summed E-state index contributed by atoms with van der Waals surface area (Å²) in [6.45, 7) is 1.81. The van der Waals surface area contributed by atoms with Gasteiger partial charge in [0.2, 0.25) is 10.0 Å². The average Bonchev–Trinajstić information content (AvgIpc) is 2.70. The van der Waals surface area contributed by atoms with Crippen molar-refractivity contribution >= 4 is 54.0 Å². The number of halogens is 2. The van der Waals surface area contributed by atoms with E-state index in [1.165, 1.54) is 4.31 Å². The molecule has 7 nitrogen and oxygen atoms in total. The second-order valence-electron chi connectivity index (χ2n) is 6.45. The van der Waals surface area contributed by atoms with Crippen LogP contribution in [-0.2, 0) is 14.8 Å². The lowest BCUT2D eigenvalue weighted by Gasteiger charge is -2.33. The van der Waals surface area contributed by atoms with Gasteiger partial charge in [0.05, 0.1) is 17.7 Å². The van der Waals surface area contributed by atoms with E-state index in [0.717, 1.165) is 14.5 Å². The Morgan fingerprint density at radius 1 is 1.03 bits per heavy atom. The van der Waals surface area contributed by atoms with Crippen molar-refractivity contribution in [3.63, 3.8) is 0 Å². The minimum atomic E-state index is -3.52. The van der Waals surface area contributed by atoms with Crippen molar-refractivity contribution in [3.8, 4) is 0 Å². The standard InChI is InChI=1S/C19H20Br2N4O3S/c20-16-5-7-17(8-6-16)29(27,28)25-11-9-24(10-12-25)14-19(26)23-22-13-15-3-1-2-4-18(15)21/h1-8,13H,9-12,14H2,(H,23,26)/b22-13-. The Labute approximate surface area is 187 Å². The van der Waals surface area contributed by atoms with Gasteiger partial charge >= 0.3 is 0 Å². The number of hydrogen-bond acceptors (Lipinski definition) is 5. The highest BCUT2D eigenvalue weighted by Gasteiger charge is 2.28. The number of hydrogen-bond donors (Lipinski definition) is 1. The van der Waals surface area contributed by atoms with Crippen molar-refractivity contribution in [3.05, 3.63) is 63.0 Å². The van der Waals surface area contributed by atoms with Crippen LogP contribution in [0.5, 0.6) is 0 Å². The van der Waals surface area contributed by atoms with Gasteiger partial charge in [0.15, 0.2) is 0 Å². The summed E-state index contributed by atoms with van der Waals surface area (Å²) in [5.41, 5.74) is 3.37. The highest BCUT2D eigenvalue weighted by molar-refractivity contribution is 9.10. The van der Waals surface area contributed by atoms with Crippen molar-refractivity contribution in [2.24, 2.45) is 5.10 Å². The van der Waals surface area contributed by atoms with E-state index in [1.54, 1.807) is 30.5 Å². The normalized spacial score (nSPS) is 16.2. The second-order valence-corrected chi connectivity index (χ2v) is 10.2. The van der Waals surface area contributed by atoms with Crippen LogP contribution in [0, 0.1) is 0 Å². The third kappa shape index (κ3) is 5.95. The van der Waals surface area contributed by atoms with E-state index in [2.05, 4.69) is 42.4 Å². The molecule has 1 aliphatic heterocycles. The minimum Gasteiger partial charge on any atom is -0.292 e. The quantitative estimate of drug-likeness (QED) is 0.448. The highest BCUT2D eigenvalue weighted by atomic mass is 79.9. The van der Waals surface area contributed by atoms with Crippen LogP contribution in [0.2, 0.25) is 0 Å². The number of rotatable bonds is 6. The van der Waals surface area contributed by atoms with Crippen LogP contribution < -0.4 is 5.43 Å². The van der Waals surface area contributed by atoms with Crippen LogP contribution in [0.1, 0.15) is 5.56 Å². The van der Waals surface area contributed by atoms with Gasteiger partial charge in [0.25, 0.3) is 5.91 Å². The second kappa shape index (κ2) is 9.94. The summed E-state index contributed by atoms with van der Waals surface area (Å²) < 4.78 is 28.6. The van der Waals surface area contributed by atoms with Crippen LogP contribution in [0.15, 0.2) is 67.5 Å². The van der Waals surface area contributed by atoms with Gasteiger partial charge in [-0.15, -0.1) is 0 Å². The molecule has 0 saturated carbocycles. The number of amides is 1. The average molecular weight is 544 g/mol. The monoisotopic (exact) mass is 542 g/mol. The molecular formula is C19H20Br2N4O3S. The van der Waals surface area contributed by atoms with Crippen molar-refractivity contribution in [2.75, 3.05) is 32.7 Å². The smallest absolute Gasteiger partial charge is 0.254 e. The predicted octanol–water partition coefficient (Wildman–Crippen LogP) is 2.67. The maximum Gasteiger partial charge on any atom is 0.254 e. The summed E-state index contributed by atoms with van der Waals surface area (Å²) in [7, 11) is -3.52. The molecule has 1 amide bonds. The molecule has 0 aromatic heterocycles. The molecule has 29 heavy (non-hydrogen) atoms. The number of carbonyl (C=O) groups excluding carboxylic acids is 1. The van der Waals surface area contributed by atoms with E-state index in [9.17, 15) is 13.2 Å². The van der Waals surface area contributed by atoms with E-state index in [1.807, 2.05) is 29.2 Å². The molecule has 1 fully saturated rings. The van der Waals surface area contributed by atoms with E-state index in [4.69, 9.17) is 0 Å². The molecule has 1 N–H and O–H groups in total. The van der Waals surface area contributed by atoms with E-state index in [0.29, 0.717) is 26.2 Å². The molecule has 0 atom stereocenters. The summed E-state index contributed by atoms with van der Waals surface area (Å²) >= 11 is 6.73. The molecule has 154 valence electrons. The van der Waals surface area contributed by atoms with Gasteiger partial charge in [-0.2, -0.15) is 9.41 Å². The third-order valence-electron chi connectivity index (χ3n) is 4.45. The Morgan fingerprint density at radius 2 is 1.69 bits per heavy atom. The fourth-order valence-corrected chi connectivity index (χ4v) is 4.95. The molecule has 2 aromatic carbocycles. The predicted molar refractivity (Wildman–Crippen MR) is 119 cm³/mol. The van der Waals surface area contributed by atoms with E-state index < -0.39 is 10.0 Å². The molecular weight excluding hydrogens is 524 g/mol. The molecule has 10 heteroatoms. The summed E-state index contributed by atoms with van der Waals surface area (Å²) in [5, 5.41) is 3.98. The number of carbonyl (C=O) groups is 1. The number of piperazine rings is 1. The zero-order chi connectivity index (χ0) is 20.9. The van der Waals surface area contributed by atoms with Crippen LogP contribution >= 0.6 is 31.9 Å². The Morgan fingerprint density at radius 3 is 2.34 bits per heavy atom. The molecule has 0 aliphatic carbocycles. The Kier molecular flexibility index (Phi) is 7.58. The first-order valence-electron chi connectivity index (χ1n) is 8.91. The number of hydrazone groups is 1. The molecule has 2 aromatic rings. The van der Waals surface area contributed by atoms with Gasteiger partial charge in [-0.1, -0.05) is 50.1 Å². The Hall–Kier alpha value is -1.59. The summed E-state index contributed by atoms with van der Waals surface area (Å²) in [6.07, 6.45) is 1.57. The van der Waals surface area contributed by atoms with Crippen LogP contribution in [0.3, 0.4) is 0 Å². The first kappa shape index (κ1) is 22.1. The Bertz CT molecular complexity index is 989. The van der Waals surface area contributed by atoms with Gasteiger partial charge in [-0.05, 0) is 30.3 Å². The number of benzene rings is 2. The van der Waals surface area contributed by atoms with E-state index >= 15 is 0 Å². The lowest BCUT2D eigenvalue weighted by molar-refractivity contribution is -0.122. The number of nitrogens with zero attached hydrogens (tertiary/aromatic N) is 3. The molecule has 1 aliphatic rings. The van der Waals surface area contributed by atoms with Crippen LogP contribution in [0.4, 0.5) is 0 Å². The van der Waals surface area contributed by atoms with Crippen LogP contribution in [-0.4, -0.2) is 62.5 Å². The first-order chi connectivity index (χ1) is 13.9. The number of nitrogens with one attached hydrogen (secondary N) is 1. The molecule has 1 saturated heterocycles. The first-order valence-corrected chi connectivity index (χ1v) is 11.9. The van der Waals surface area contributed by atoms with Gasteiger partial charge < -0.3 is 0 Å². The molecule has 0 bridgehead atoms. The largest absolute Gasteiger partial charge is 0.292 e. The fourth-order valence-electron chi connectivity index (χ4n) is 2.88. The van der Waals surface area contributed by atoms with Crippen molar-refractivity contribution in [1.29, 1.82) is 0 Å². The maximum absolute atomic E-state index is 12.7. The van der Waals surface area contributed by atoms with E-state index in [-0.39, 0.29) is 17.3 Å².